The van der Waals surface area contributed by atoms with E-state index in [4.69, 9.17) is 14.2 Å². The highest BCUT2D eigenvalue weighted by atomic mass is 16.6. The fraction of sp³-hybridized carbons (Fsp3) is 0.843. The number of carbonyl (C=O) groups excluding carboxylic acids is 3. The molecule has 0 aliphatic carbocycles. The number of ether oxygens (including phenoxy) is 3. The van der Waals surface area contributed by atoms with Crippen LogP contribution in [0.2, 0.25) is 0 Å². The molecule has 76 heavy (non-hydrogen) atoms. The number of unbranched alkanes of at least 4 members (excludes halogenated alkanes) is 43. The summed E-state index contributed by atoms with van der Waals surface area (Å²) in [5.74, 6) is -0.848. The second-order valence-electron chi connectivity index (χ2n) is 22.7. The van der Waals surface area contributed by atoms with Crippen molar-refractivity contribution in [2.75, 3.05) is 13.2 Å². The molecule has 0 bridgehead atoms. The Bertz CT molecular complexity index is 1310. The minimum Gasteiger partial charge on any atom is -0.462 e. The van der Waals surface area contributed by atoms with E-state index in [1.165, 1.54) is 238 Å². The molecule has 0 aromatic heterocycles. The fourth-order valence-corrected chi connectivity index (χ4v) is 10.1. The molecule has 444 valence electrons. The summed E-state index contributed by atoms with van der Waals surface area (Å²) in [7, 11) is 0. The predicted molar refractivity (Wildman–Crippen MR) is 330 cm³/mol. The Kier molecular flexibility index (Phi) is 62.6. The van der Waals surface area contributed by atoms with E-state index in [9.17, 15) is 14.4 Å². The molecule has 0 aromatic rings. The van der Waals surface area contributed by atoms with Crippen molar-refractivity contribution < 1.29 is 28.6 Å². The lowest BCUT2D eigenvalue weighted by molar-refractivity contribution is -0.167. The Morgan fingerprint density at radius 1 is 0.276 bits per heavy atom. The average Bonchev–Trinajstić information content (AvgIpc) is 3.42. The zero-order valence-corrected chi connectivity index (χ0v) is 51.0. The van der Waals surface area contributed by atoms with Crippen molar-refractivity contribution in [1.82, 2.24) is 0 Å². The molecule has 0 radical (unpaired) electrons. The van der Waals surface area contributed by atoms with Crippen LogP contribution in [0.1, 0.15) is 361 Å². The van der Waals surface area contributed by atoms with Crippen LogP contribution in [-0.2, 0) is 28.6 Å². The third-order valence-electron chi connectivity index (χ3n) is 15.1. The molecule has 0 spiro atoms. The van der Waals surface area contributed by atoms with Gasteiger partial charge in [0.05, 0.1) is 0 Å². The molecule has 0 aliphatic rings. The Balaban J connectivity index is 3.92. The van der Waals surface area contributed by atoms with Gasteiger partial charge < -0.3 is 14.2 Å². The first-order valence-corrected chi connectivity index (χ1v) is 33.6. The number of rotatable bonds is 62. The standard InChI is InChI=1S/C70H128O6/c1-4-7-10-13-16-18-20-22-24-26-27-28-29-30-31-32-33-34-35-36-37-38-39-40-41-42-43-44-46-47-49-51-54-57-60-63-69(72)75-66-67(65-74-68(71)62-59-56-53-15-12-9-6-3)76-70(73)64-61-58-55-52-50-48-45-25-23-21-19-17-14-11-8-5-2/h7,10,16,18,22,24,27-28,67H,4-6,8-9,11-15,17,19-21,23,25-26,29-66H2,1-3H3/b10-7-,18-16-,24-22-,28-27-. The summed E-state index contributed by atoms with van der Waals surface area (Å²) in [5.41, 5.74) is 0. The van der Waals surface area contributed by atoms with Gasteiger partial charge in [-0.25, -0.2) is 0 Å². The van der Waals surface area contributed by atoms with Gasteiger partial charge in [-0.05, 0) is 57.8 Å². The molecule has 0 amide bonds. The number of carbonyl (C=O) groups is 3. The minimum absolute atomic E-state index is 0.0654. The van der Waals surface area contributed by atoms with Crippen molar-refractivity contribution in [2.24, 2.45) is 0 Å². The molecule has 6 nitrogen and oxygen atoms in total. The summed E-state index contributed by atoms with van der Waals surface area (Å²) in [4.78, 5) is 38.0. The van der Waals surface area contributed by atoms with Gasteiger partial charge in [0.2, 0.25) is 0 Å². The fourth-order valence-electron chi connectivity index (χ4n) is 10.1. The first-order valence-electron chi connectivity index (χ1n) is 33.6. The summed E-state index contributed by atoms with van der Waals surface area (Å²) in [6, 6.07) is 0. The molecule has 0 fully saturated rings. The van der Waals surface area contributed by atoms with Gasteiger partial charge in [-0.1, -0.05) is 333 Å². The largest absolute Gasteiger partial charge is 0.462 e. The maximum absolute atomic E-state index is 12.8. The molecule has 0 saturated carbocycles. The van der Waals surface area contributed by atoms with Gasteiger partial charge in [-0.2, -0.15) is 0 Å². The summed E-state index contributed by atoms with van der Waals surface area (Å²) >= 11 is 0. The van der Waals surface area contributed by atoms with Gasteiger partial charge in [0.25, 0.3) is 0 Å². The lowest BCUT2D eigenvalue weighted by Gasteiger charge is -2.18. The van der Waals surface area contributed by atoms with E-state index in [-0.39, 0.29) is 31.1 Å². The number of esters is 3. The second-order valence-corrected chi connectivity index (χ2v) is 22.7. The molecule has 0 heterocycles. The number of hydrogen-bond acceptors (Lipinski definition) is 6. The average molecular weight is 1070 g/mol. The van der Waals surface area contributed by atoms with Crippen LogP contribution in [0.4, 0.5) is 0 Å². The van der Waals surface area contributed by atoms with Crippen molar-refractivity contribution in [2.45, 2.75) is 367 Å². The Labute approximate surface area is 473 Å². The molecular formula is C70H128O6. The first-order chi connectivity index (χ1) is 37.5. The normalized spacial score (nSPS) is 12.3. The van der Waals surface area contributed by atoms with Crippen LogP contribution in [0.15, 0.2) is 48.6 Å². The van der Waals surface area contributed by atoms with Crippen molar-refractivity contribution in [3.05, 3.63) is 48.6 Å². The van der Waals surface area contributed by atoms with Crippen LogP contribution in [0.25, 0.3) is 0 Å². The molecule has 0 aliphatic heterocycles. The van der Waals surface area contributed by atoms with E-state index < -0.39 is 6.10 Å². The molecule has 6 heteroatoms. The van der Waals surface area contributed by atoms with Gasteiger partial charge in [0, 0.05) is 19.3 Å². The highest BCUT2D eigenvalue weighted by Crippen LogP contribution is 2.18. The van der Waals surface area contributed by atoms with Crippen LogP contribution in [-0.4, -0.2) is 37.2 Å². The highest BCUT2D eigenvalue weighted by Gasteiger charge is 2.19. The van der Waals surface area contributed by atoms with Crippen LogP contribution >= 0.6 is 0 Å². The summed E-state index contributed by atoms with van der Waals surface area (Å²) in [6.45, 7) is 6.54. The second kappa shape index (κ2) is 64.9. The van der Waals surface area contributed by atoms with Gasteiger partial charge in [0.15, 0.2) is 6.10 Å². The van der Waals surface area contributed by atoms with Crippen LogP contribution in [0.3, 0.4) is 0 Å². The molecule has 1 atom stereocenters. The summed E-state index contributed by atoms with van der Waals surface area (Å²) in [5, 5.41) is 0. The monoisotopic (exact) mass is 1060 g/mol. The van der Waals surface area contributed by atoms with E-state index in [2.05, 4.69) is 69.4 Å². The van der Waals surface area contributed by atoms with Crippen molar-refractivity contribution in [3.8, 4) is 0 Å². The maximum Gasteiger partial charge on any atom is 0.306 e. The lowest BCUT2D eigenvalue weighted by Crippen LogP contribution is -2.30. The third-order valence-corrected chi connectivity index (χ3v) is 15.1. The first kappa shape index (κ1) is 73.4. The van der Waals surface area contributed by atoms with E-state index in [1.54, 1.807) is 0 Å². The molecule has 1 unspecified atom stereocenters. The van der Waals surface area contributed by atoms with Crippen molar-refractivity contribution >= 4 is 17.9 Å². The molecule has 0 saturated heterocycles. The molecule has 0 aromatic carbocycles. The Hall–Kier alpha value is -2.63. The number of hydrogen-bond donors (Lipinski definition) is 0. The topological polar surface area (TPSA) is 78.9 Å². The predicted octanol–water partition coefficient (Wildman–Crippen LogP) is 22.9. The Morgan fingerprint density at radius 3 is 0.803 bits per heavy atom. The molecule has 0 rings (SSSR count). The van der Waals surface area contributed by atoms with Crippen LogP contribution in [0.5, 0.6) is 0 Å². The van der Waals surface area contributed by atoms with Gasteiger partial charge in [0.1, 0.15) is 13.2 Å². The summed E-state index contributed by atoms with van der Waals surface area (Å²) in [6.07, 6.45) is 81.7. The van der Waals surface area contributed by atoms with Crippen molar-refractivity contribution in [3.63, 3.8) is 0 Å². The van der Waals surface area contributed by atoms with Crippen molar-refractivity contribution in [1.29, 1.82) is 0 Å². The maximum atomic E-state index is 12.8. The van der Waals surface area contributed by atoms with Gasteiger partial charge in [-0.3, -0.25) is 14.4 Å². The zero-order valence-electron chi connectivity index (χ0n) is 51.0. The number of allylic oxidation sites excluding steroid dienone is 8. The Morgan fingerprint density at radius 2 is 0.513 bits per heavy atom. The van der Waals surface area contributed by atoms with Gasteiger partial charge in [-0.15, -0.1) is 0 Å². The SMILES string of the molecule is CC/C=C\C/C=C\C/C=C\C/C=C\CCCCCCCCCCCCCCCCCCCCCCCCC(=O)OCC(COC(=O)CCCCCCCCC)OC(=O)CCCCCCCCCCCCCCCCCC. The lowest BCUT2D eigenvalue weighted by atomic mass is 10.0. The van der Waals surface area contributed by atoms with E-state index in [1.807, 2.05) is 0 Å². The minimum atomic E-state index is -0.764. The van der Waals surface area contributed by atoms with Crippen LogP contribution < -0.4 is 0 Å². The van der Waals surface area contributed by atoms with E-state index in [0.717, 1.165) is 83.5 Å². The smallest absolute Gasteiger partial charge is 0.306 e. The molecular weight excluding hydrogens is 937 g/mol. The molecule has 0 N–H and O–H groups in total. The van der Waals surface area contributed by atoms with E-state index >= 15 is 0 Å². The van der Waals surface area contributed by atoms with Crippen LogP contribution in [0, 0.1) is 0 Å². The zero-order chi connectivity index (χ0) is 55.0. The highest BCUT2D eigenvalue weighted by molar-refractivity contribution is 5.71. The quantitative estimate of drug-likeness (QED) is 0.0261. The third kappa shape index (κ3) is 62.2. The summed E-state index contributed by atoms with van der Waals surface area (Å²) < 4.78 is 16.8. The van der Waals surface area contributed by atoms with E-state index in [0.29, 0.717) is 19.3 Å². The van der Waals surface area contributed by atoms with Gasteiger partial charge >= 0.3 is 17.9 Å².